The Morgan fingerprint density at radius 1 is 1.33 bits per heavy atom. The third-order valence-corrected chi connectivity index (χ3v) is 3.35. The number of hydrogen-bond donors (Lipinski definition) is 0. The lowest BCUT2D eigenvalue weighted by Crippen LogP contribution is -2.27. The minimum Gasteiger partial charge on any atom is -0.469 e. The highest BCUT2D eigenvalue weighted by molar-refractivity contribution is 5.83. The average molecular weight is 252 g/mol. The van der Waals surface area contributed by atoms with Crippen LogP contribution in [0.25, 0.3) is 0 Å². The van der Waals surface area contributed by atoms with E-state index in [1.807, 2.05) is 19.9 Å². The summed E-state index contributed by atoms with van der Waals surface area (Å²) >= 11 is 0. The highest BCUT2D eigenvalue weighted by Crippen LogP contribution is 2.34. The number of methoxy groups -OCH3 is 2. The second kappa shape index (κ2) is 6.38. The van der Waals surface area contributed by atoms with Crippen molar-refractivity contribution in [3.63, 3.8) is 0 Å². The van der Waals surface area contributed by atoms with Crippen molar-refractivity contribution in [2.45, 2.75) is 26.7 Å². The van der Waals surface area contributed by atoms with E-state index in [1.165, 1.54) is 25.9 Å². The minimum absolute atomic E-state index is 0.0141. The van der Waals surface area contributed by atoms with Gasteiger partial charge in [0.2, 0.25) is 0 Å². The largest absolute Gasteiger partial charge is 0.469 e. The van der Waals surface area contributed by atoms with E-state index in [4.69, 9.17) is 4.74 Å². The van der Waals surface area contributed by atoms with Crippen LogP contribution in [0.3, 0.4) is 0 Å². The first-order valence-electron chi connectivity index (χ1n) is 6.00. The van der Waals surface area contributed by atoms with Gasteiger partial charge in [-0.05, 0) is 32.6 Å². The van der Waals surface area contributed by atoms with Crippen molar-refractivity contribution in [2.24, 2.45) is 11.8 Å². The van der Waals surface area contributed by atoms with Crippen LogP contribution in [0.1, 0.15) is 26.7 Å². The zero-order valence-corrected chi connectivity index (χ0v) is 11.4. The fourth-order valence-corrected chi connectivity index (χ4v) is 2.30. The predicted molar refractivity (Wildman–Crippen MR) is 67.8 cm³/mol. The van der Waals surface area contributed by atoms with Crippen LogP contribution in [-0.4, -0.2) is 26.2 Å². The monoisotopic (exact) mass is 252 g/mol. The molecule has 0 aromatic rings. The molecule has 1 aliphatic rings. The molecule has 0 amide bonds. The van der Waals surface area contributed by atoms with Gasteiger partial charge in [-0.2, -0.15) is 0 Å². The molecule has 0 radical (unpaired) electrons. The average Bonchev–Trinajstić information content (AvgIpc) is 2.37. The van der Waals surface area contributed by atoms with Crippen LogP contribution in [0, 0.1) is 11.8 Å². The minimum atomic E-state index is -0.387. The van der Waals surface area contributed by atoms with Crippen molar-refractivity contribution >= 4 is 11.9 Å². The molecule has 0 N–H and O–H groups in total. The van der Waals surface area contributed by atoms with Gasteiger partial charge in [-0.3, -0.25) is 4.79 Å². The Morgan fingerprint density at radius 3 is 2.56 bits per heavy atom. The number of carbonyl (C=O) groups excluding carboxylic acids is 2. The molecule has 1 rings (SSSR count). The molecule has 0 fully saturated rings. The standard InChI is InChI=1S/C14H20O4/c1-9-5-6-11(10(2)8-13(15)17-3)12(7-9)14(16)18-4/h7-8,11-12H,5-6H2,1-4H3/b10-8+. The molecular weight excluding hydrogens is 232 g/mol. The summed E-state index contributed by atoms with van der Waals surface area (Å²) in [5.41, 5.74) is 2.05. The molecule has 0 heterocycles. The molecule has 100 valence electrons. The number of hydrogen-bond acceptors (Lipinski definition) is 4. The van der Waals surface area contributed by atoms with Gasteiger partial charge < -0.3 is 9.47 Å². The van der Waals surface area contributed by atoms with Crippen molar-refractivity contribution in [2.75, 3.05) is 14.2 Å². The van der Waals surface area contributed by atoms with Crippen molar-refractivity contribution in [1.29, 1.82) is 0 Å². The maximum atomic E-state index is 11.8. The van der Waals surface area contributed by atoms with E-state index in [1.54, 1.807) is 0 Å². The molecule has 0 saturated heterocycles. The third-order valence-electron chi connectivity index (χ3n) is 3.35. The molecule has 4 heteroatoms. The van der Waals surface area contributed by atoms with Crippen LogP contribution in [0.4, 0.5) is 0 Å². The molecule has 1 aliphatic carbocycles. The predicted octanol–water partition coefficient (Wildman–Crippen LogP) is 2.25. The number of carbonyl (C=O) groups is 2. The van der Waals surface area contributed by atoms with Crippen LogP contribution in [0.15, 0.2) is 23.3 Å². The van der Waals surface area contributed by atoms with E-state index in [0.29, 0.717) is 0 Å². The summed E-state index contributed by atoms with van der Waals surface area (Å²) < 4.78 is 9.43. The van der Waals surface area contributed by atoms with Crippen LogP contribution in [-0.2, 0) is 19.1 Å². The molecule has 0 bridgehead atoms. The van der Waals surface area contributed by atoms with Gasteiger partial charge in [0.1, 0.15) is 0 Å². The topological polar surface area (TPSA) is 52.6 Å². The quantitative estimate of drug-likeness (QED) is 0.439. The Balaban J connectivity index is 2.95. The Labute approximate surface area is 108 Å². The van der Waals surface area contributed by atoms with E-state index in [2.05, 4.69) is 4.74 Å². The number of rotatable bonds is 3. The summed E-state index contributed by atoms with van der Waals surface area (Å²) in [6.07, 6.45) is 5.18. The van der Waals surface area contributed by atoms with Crippen LogP contribution in [0.5, 0.6) is 0 Å². The summed E-state index contributed by atoms with van der Waals surface area (Å²) in [5.74, 6) is -0.927. The van der Waals surface area contributed by atoms with Crippen LogP contribution < -0.4 is 0 Å². The van der Waals surface area contributed by atoms with E-state index < -0.39 is 0 Å². The second-order valence-electron chi connectivity index (χ2n) is 4.62. The van der Waals surface area contributed by atoms with Gasteiger partial charge in [-0.25, -0.2) is 4.79 Å². The maximum absolute atomic E-state index is 11.8. The molecule has 0 saturated carbocycles. The van der Waals surface area contributed by atoms with Gasteiger partial charge in [-0.1, -0.05) is 17.2 Å². The third kappa shape index (κ3) is 3.45. The molecule has 18 heavy (non-hydrogen) atoms. The molecular formula is C14H20O4. The van der Waals surface area contributed by atoms with Crippen molar-refractivity contribution in [3.8, 4) is 0 Å². The molecule has 4 nitrogen and oxygen atoms in total. The number of ether oxygens (including phenoxy) is 2. The number of esters is 2. The Morgan fingerprint density at radius 2 is 2.00 bits per heavy atom. The van der Waals surface area contributed by atoms with Gasteiger partial charge in [0.25, 0.3) is 0 Å². The zero-order chi connectivity index (χ0) is 13.7. The van der Waals surface area contributed by atoms with Crippen molar-refractivity contribution < 1.29 is 19.1 Å². The first-order valence-corrected chi connectivity index (χ1v) is 6.00. The highest BCUT2D eigenvalue weighted by atomic mass is 16.5. The Hall–Kier alpha value is -1.58. The summed E-state index contributed by atoms with van der Waals surface area (Å²) in [6.45, 7) is 3.86. The normalized spacial score (nSPS) is 24.2. The second-order valence-corrected chi connectivity index (χ2v) is 4.62. The molecule has 0 aliphatic heterocycles. The lowest BCUT2D eigenvalue weighted by atomic mass is 9.77. The summed E-state index contributed by atoms with van der Waals surface area (Å²) in [6, 6.07) is 0. The zero-order valence-electron chi connectivity index (χ0n) is 11.4. The van der Waals surface area contributed by atoms with Gasteiger partial charge in [0.05, 0.1) is 20.1 Å². The van der Waals surface area contributed by atoms with Gasteiger partial charge in [0, 0.05) is 6.08 Å². The van der Waals surface area contributed by atoms with Gasteiger partial charge >= 0.3 is 11.9 Å². The molecule has 2 atom stereocenters. The van der Waals surface area contributed by atoms with Crippen LogP contribution in [0.2, 0.25) is 0 Å². The van der Waals surface area contributed by atoms with E-state index in [-0.39, 0.29) is 23.8 Å². The Bertz CT molecular complexity index is 393. The van der Waals surface area contributed by atoms with Gasteiger partial charge in [0.15, 0.2) is 0 Å². The molecule has 0 aromatic heterocycles. The fraction of sp³-hybridized carbons (Fsp3) is 0.571. The smallest absolute Gasteiger partial charge is 0.330 e. The maximum Gasteiger partial charge on any atom is 0.330 e. The fourth-order valence-electron chi connectivity index (χ4n) is 2.30. The summed E-state index contributed by atoms with van der Waals surface area (Å²) in [7, 11) is 2.73. The Kier molecular flexibility index (Phi) is 5.13. The summed E-state index contributed by atoms with van der Waals surface area (Å²) in [5, 5.41) is 0. The van der Waals surface area contributed by atoms with Crippen molar-refractivity contribution in [1.82, 2.24) is 0 Å². The van der Waals surface area contributed by atoms with Crippen LogP contribution >= 0.6 is 0 Å². The first kappa shape index (κ1) is 14.5. The first-order chi connectivity index (χ1) is 8.49. The SMILES string of the molecule is COC(=O)/C=C(\C)C1CCC(C)=CC1C(=O)OC. The van der Waals surface area contributed by atoms with Gasteiger partial charge in [-0.15, -0.1) is 0 Å². The highest BCUT2D eigenvalue weighted by Gasteiger charge is 2.31. The lowest BCUT2D eigenvalue weighted by Gasteiger charge is -2.28. The summed E-state index contributed by atoms with van der Waals surface area (Å²) in [4.78, 5) is 23.0. The molecule has 0 aromatic carbocycles. The van der Waals surface area contributed by atoms with Crippen molar-refractivity contribution in [3.05, 3.63) is 23.3 Å². The molecule has 2 unspecified atom stereocenters. The lowest BCUT2D eigenvalue weighted by molar-refractivity contribution is -0.145. The van der Waals surface area contributed by atoms with E-state index >= 15 is 0 Å². The molecule has 0 spiro atoms. The van der Waals surface area contributed by atoms with E-state index in [9.17, 15) is 9.59 Å². The van der Waals surface area contributed by atoms with E-state index in [0.717, 1.165) is 18.4 Å². The number of allylic oxidation sites excluding steroid dienone is 2.